The number of nitrogens with zero attached hydrogens (tertiary/aromatic N) is 1. The molecular weight excluding hydrogens is 279 g/mol. The Morgan fingerprint density at radius 2 is 1.84 bits per heavy atom. The van der Waals surface area contributed by atoms with Gasteiger partial charge in [0.15, 0.2) is 0 Å². The molecule has 0 N–H and O–H groups in total. The fraction of sp³-hybridized carbons (Fsp3) is 0.923. The summed E-state index contributed by atoms with van der Waals surface area (Å²) in [5.41, 5.74) is 0. The largest absolute Gasteiger partial charge is 0.392 e. The summed E-state index contributed by atoms with van der Waals surface area (Å²) >= 11 is 5.80. The van der Waals surface area contributed by atoms with Gasteiger partial charge in [0.25, 0.3) is 0 Å². The third kappa shape index (κ3) is 3.18. The van der Waals surface area contributed by atoms with Crippen LogP contribution in [0.2, 0.25) is 0 Å². The van der Waals surface area contributed by atoms with Gasteiger partial charge in [-0.05, 0) is 25.7 Å². The maximum Gasteiger partial charge on any atom is 0.392 e. The first kappa shape index (κ1) is 14.9. The number of hydrogen-bond donors (Lipinski definition) is 0. The van der Waals surface area contributed by atoms with Gasteiger partial charge in [-0.2, -0.15) is 13.2 Å². The van der Waals surface area contributed by atoms with Gasteiger partial charge in [0.05, 0.1) is 5.92 Å². The average Bonchev–Trinajstić information content (AvgIpc) is 2.85. The van der Waals surface area contributed by atoms with Gasteiger partial charge in [-0.3, -0.25) is 4.79 Å². The first-order chi connectivity index (χ1) is 8.95. The first-order valence-electron chi connectivity index (χ1n) is 6.88. The van der Waals surface area contributed by atoms with E-state index in [0.29, 0.717) is 31.7 Å². The van der Waals surface area contributed by atoms with Crippen LogP contribution in [0.3, 0.4) is 0 Å². The number of amides is 1. The molecule has 2 rings (SSSR count). The second kappa shape index (κ2) is 5.90. The normalized spacial score (nSPS) is 32.6. The predicted octanol–water partition coefficient (Wildman–Crippen LogP) is 3.58. The van der Waals surface area contributed by atoms with Crippen molar-refractivity contribution in [3.63, 3.8) is 0 Å². The van der Waals surface area contributed by atoms with Gasteiger partial charge in [-0.25, -0.2) is 0 Å². The summed E-state index contributed by atoms with van der Waals surface area (Å²) in [6, 6.07) is -0.0787. The summed E-state index contributed by atoms with van der Waals surface area (Å²) in [5, 5.41) is 0. The van der Waals surface area contributed by atoms with E-state index in [1.165, 1.54) is 0 Å². The Hall–Kier alpha value is -0.450. The fourth-order valence-electron chi connectivity index (χ4n) is 3.32. The monoisotopic (exact) mass is 297 g/mol. The van der Waals surface area contributed by atoms with Gasteiger partial charge in [-0.15, -0.1) is 11.6 Å². The molecule has 3 unspecified atom stereocenters. The van der Waals surface area contributed by atoms with Crippen LogP contribution in [-0.4, -0.2) is 35.4 Å². The Balaban J connectivity index is 2.11. The Kier molecular flexibility index (Phi) is 4.64. The van der Waals surface area contributed by atoms with E-state index in [0.717, 1.165) is 12.8 Å². The van der Waals surface area contributed by atoms with Crippen LogP contribution < -0.4 is 0 Å². The van der Waals surface area contributed by atoms with E-state index in [1.807, 2.05) is 0 Å². The van der Waals surface area contributed by atoms with Crippen LogP contribution in [0.5, 0.6) is 0 Å². The molecule has 1 aliphatic heterocycles. The highest BCUT2D eigenvalue weighted by Gasteiger charge is 2.49. The SMILES string of the molecule is O=C(C1CCCCC1C(F)(F)F)N1CCCC1CCl. The molecule has 2 nitrogen and oxygen atoms in total. The summed E-state index contributed by atoms with van der Waals surface area (Å²) < 4.78 is 39.1. The van der Waals surface area contributed by atoms with Crippen LogP contribution in [0, 0.1) is 11.8 Å². The van der Waals surface area contributed by atoms with E-state index in [4.69, 9.17) is 11.6 Å². The molecule has 1 aliphatic carbocycles. The fourth-order valence-corrected chi connectivity index (χ4v) is 3.64. The number of alkyl halides is 4. The number of hydrogen-bond acceptors (Lipinski definition) is 1. The quantitative estimate of drug-likeness (QED) is 0.713. The van der Waals surface area contributed by atoms with Gasteiger partial charge in [0.2, 0.25) is 5.91 Å². The minimum Gasteiger partial charge on any atom is -0.338 e. The lowest BCUT2D eigenvalue weighted by molar-refractivity contribution is -0.201. The third-order valence-corrected chi connectivity index (χ3v) is 4.70. The molecule has 19 heavy (non-hydrogen) atoms. The Morgan fingerprint density at radius 3 is 2.47 bits per heavy atom. The Morgan fingerprint density at radius 1 is 1.16 bits per heavy atom. The zero-order chi connectivity index (χ0) is 14.0. The molecule has 0 spiro atoms. The van der Waals surface area contributed by atoms with E-state index in [1.54, 1.807) is 4.90 Å². The van der Waals surface area contributed by atoms with E-state index in [9.17, 15) is 18.0 Å². The molecule has 3 atom stereocenters. The maximum atomic E-state index is 13.0. The topological polar surface area (TPSA) is 20.3 Å². The maximum absolute atomic E-state index is 13.0. The molecule has 1 amide bonds. The summed E-state index contributed by atoms with van der Waals surface area (Å²) in [6.45, 7) is 0.553. The summed E-state index contributed by atoms with van der Waals surface area (Å²) in [6.07, 6.45) is -0.912. The van der Waals surface area contributed by atoms with E-state index >= 15 is 0 Å². The van der Waals surface area contributed by atoms with Crippen molar-refractivity contribution in [2.75, 3.05) is 12.4 Å². The highest BCUT2D eigenvalue weighted by Crippen LogP contribution is 2.42. The van der Waals surface area contributed by atoms with Crippen molar-refractivity contribution in [2.45, 2.75) is 50.7 Å². The molecule has 0 radical (unpaired) electrons. The van der Waals surface area contributed by atoms with Crippen molar-refractivity contribution in [3.8, 4) is 0 Å². The predicted molar refractivity (Wildman–Crippen MR) is 67.0 cm³/mol. The Bertz CT molecular complexity index is 334. The highest BCUT2D eigenvalue weighted by molar-refractivity contribution is 6.18. The standard InChI is InChI=1S/C13H19ClF3NO/c14-8-9-4-3-7-18(9)12(19)10-5-1-2-6-11(10)13(15,16)17/h9-11H,1-8H2. The zero-order valence-corrected chi connectivity index (χ0v) is 11.5. The Labute approximate surface area is 116 Å². The van der Waals surface area contributed by atoms with Gasteiger partial charge in [0, 0.05) is 24.4 Å². The minimum absolute atomic E-state index is 0.0787. The van der Waals surface area contributed by atoms with Crippen molar-refractivity contribution < 1.29 is 18.0 Å². The van der Waals surface area contributed by atoms with Crippen molar-refractivity contribution >= 4 is 17.5 Å². The van der Waals surface area contributed by atoms with Crippen LogP contribution in [-0.2, 0) is 4.79 Å². The molecule has 0 bridgehead atoms. The molecule has 0 aromatic carbocycles. The van der Waals surface area contributed by atoms with E-state index in [-0.39, 0.29) is 18.4 Å². The number of carbonyl (C=O) groups excluding carboxylic acids is 1. The van der Waals surface area contributed by atoms with E-state index in [2.05, 4.69) is 0 Å². The van der Waals surface area contributed by atoms with Crippen LogP contribution in [0.15, 0.2) is 0 Å². The molecule has 2 aliphatic rings. The van der Waals surface area contributed by atoms with Crippen LogP contribution in [0.4, 0.5) is 13.2 Å². The lowest BCUT2D eigenvalue weighted by Gasteiger charge is -2.36. The lowest BCUT2D eigenvalue weighted by Crippen LogP contribution is -2.46. The smallest absolute Gasteiger partial charge is 0.338 e. The molecule has 110 valence electrons. The molecule has 0 aromatic heterocycles. The van der Waals surface area contributed by atoms with Crippen LogP contribution in [0.25, 0.3) is 0 Å². The molecule has 2 fully saturated rings. The van der Waals surface area contributed by atoms with E-state index < -0.39 is 18.0 Å². The van der Waals surface area contributed by atoms with Gasteiger partial charge < -0.3 is 4.90 Å². The molecule has 1 saturated carbocycles. The van der Waals surface area contributed by atoms with Gasteiger partial charge >= 0.3 is 6.18 Å². The minimum atomic E-state index is -4.27. The molecule has 1 saturated heterocycles. The number of rotatable bonds is 2. The number of likely N-dealkylation sites (tertiary alicyclic amines) is 1. The van der Waals surface area contributed by atoms with Crippen molar-refractivity contribution in [1.82, 2.24) is 4.90 Å². The first-order valence-corrected chi connectivity index (χ1v) is 7.41. The molecule has 6 heteroatoms. The van der Waals surface area contributed by atoms with Crippen LogP contribution >= 0.6 is 11.6 Å². The van der Waals surface area contributed by atoms with Crippen molar-refractivity contribution in [1.29, 1.82) is 0 Å². The lowest BCUT2D eigenvalue weighted by atomic mass is 9.78. The average molecular weight is 298 g/mol. The number of carbonyl (C=O) groups is 1. The molecular formula is C13H19ClF3NO. The van der Waals surface area contributed by atoms with Gasteiger partial charge in [0.1, 0.15) is 0 Å². The zero-order valence-electron chi connectivity index (χ0n) is 10.8. The third-order valence-electron chi connectivity index (χ3n) is 4.34. The molecule has 0 aromatic rings. The number of halogens is 4. The summed E-state index contributed by atoms with van der Waals surface area (Å²) in [4.78, 5) is 14.0. The second-order valence-electron chi connectivity index (χ2n) is 5.52. The van der Waals surface area contributed by atoms with Gasteiger partial charge in [-0.1, -0.05) is 12.8 Å². The van der Waals surface area contributed by atoms with Crippen molar-refractivity contribution in [3.05, 3.63) is 0 Å². The van der Waals surface area contributed by atoms with Crippen LogP contribution in [0.1, 0.15) is 38.5 Å². The summed E-state index contributed by atoms with van der Waals surface area (Å²) in [5.74, 6) is -2.37. The van der Waals surface area contributed by atoms with Crippen molar-refractivity contribution in [2.24, 2.45) is 11.8 Å². The summed E-state index contributed by atoms with van der Waals surface area (Å²) in [7, 11) is 0. The molecule has 1 heterocycles. The highest BCUT2D eigenvalue weighted by atomic mass is 35.5. The second-order valence-corrected chi connectivity index (χ2v) is 5.83.